The Bertz CT molecular complexity index is 449. The van der Waals surface area contributed by atoms with Crippen molar-refractivity contribution in [3.05, 3.63) is 27.7 Å². The third kappa shape index (κ3) is 3.50. The second kappa shape index (κ2) is 6.60. The van der Waals surface area contributed by atoms with E-state index in [2.05, 4.69) is 19.2 Å². The van der Waals surface area contributed by atoms with Gasteiger partial charge in [0.05, 0.1) is 15.7 Å². The van der Waals surface area contributed by atoms with E-state index in [1.165, 1.54) is 0 Å². The molecule has 0 fully saturated rings. The molecule has 18 heavy (non-hydrogen) atoms. The van der Waals surface area contributed by atoms with Crippen LogP contribution in [0.1, 0.15) is 25.8 Å². The molecule has 0 saturated carbocycles. The van der Waals surface area contributed by atoms with Crippen molar-refractivity contribution in [3.8, 4) is 0 Å². The van der Waals surface area contributed by atoms with Crippen LogP contribution in [0.2, 0.25) is 10.0 Å². The first-order valence-electron chi connectivity index (χ1n) is 5.86. The summed E-state index contributed by atoms with van der Waals surface area (Å²) in [5, 5.41) is 4.94. The Morgan fingerprint density at radius 3 is 2.61 bits per heavy atom. The van der Waals surface area contributed by atoms with Crippen LogP contribution < -0.4 is 5.32 Å². The fourth-order valence-electron chi connectivity index (χ4n) is 1.44. The van der Waals surface area contributed by atoms with Crippen LogP contribution in [0.3, 0.4) is 0 Å². The SMILES string of the molecule is CCC(C)N(C)C(=S)Nc1c(Cl)ccc(C)c1Cl. The lowest BCUT2D eigenvalue weighted by atomic mass is 10.2. The fourth-order valence-corrected chi connectivity index (χ4v) is 2.19. The van der Waals surface area contributed by atoms with Crippen LogP contribution in [0.15, 0.2) is 12.1 Å². The Morgan fingerprint density at radius 1 is 1.44 bits per heavy atom. The van der Waals surface area contributed by atoms with Crippen LogP contribution in [0, 0.1) is 6.92 Å². The Hall–Kier alpha value is -0.510. The molecular formula is C13H18Cl2N2S. The van der Waals surface area contributed by atoms with Gasteiger partial charge < -0.3 is 10.2 Å². The van der Waals surface area contributed by atoms with Crippen molar-refractivity contribution >= 4 is 46.2 Å². The number of aryl methyl sites for hydroxylation is 1. The zero-order valence-corrected chi connectivity index (χ0v) is 13.4. The van der Waals surface area contributed by atoms with E-state index >= 15 is 0 Å². The normalized spacial score (nSPS) is 12.1. The number of anilines is 1. The molecule has 1 N–H and O–H groups in total. The summed E-state index contributed by atoms with van der Waals surface area (Å²) < 4.78 is 0. The van der Waals surface area contributed by atoms with Crippen LogP contribution in [0.5, 0.6) is 0 Å². The largest absolute Gasteiger partial charge is 0.349 e. The maximum Gasteiger partial charge on any atom is 0.173 e. The molecule has 0 spiro atoms. The van der Waals surface area contributed by atoms with Gasteiger partial charge in [-0.3, -0.25) is 0 Å². The molecule has 0 heterocycles. The molecular weight excluding hydrogens is 287 g/mol. The minimum Gasteiger partial charge on any atom is -0.349 e. The van der Waals surface area contributed by atoms with Crippen LogP contribution in [0.25, 0.3) is 0 Å². The van der Waals surface area contributed by atoms with Gasteiger partial charge in [0.1, 0.15) is 0 Å². The van der Waals surface area contributed by atoms with Gasteiger partial charge in [-0.15, -0.1) is 0 Å². The fraction of sp³-hybridized carbons (Fsp3) is 0.462. The lowest BCUT2D eigenvalue weighted by Crippen LogP contribution is -2.37. The summed E-state index contributed by atoms with van der Waals surface area (Å²) in [7, 11) is 1.96. The molecule has 100 valence electrons. The molecule has 0 saturated heterocycles. The number of nitrogens with one attached hydrogen (secondary N) is 1. The minimum absolute atomic E-state index is 0.368. The summed E-state index contributed by atoms with van der Waals surface area (Å²) in [5.74, 6) is 0. The number of thiocarbonyl (C=S) groups is 1. The molecule has 0 aromatic heterocycles. The van der Waals surface area contributed by atoms with E-state index in [-0.39, 0.29) is 0 Å². The van der Waals surface area contributed by atoms with Gasteiger partial charge in [-0.1, -0.05) is 36.2 Å². The first kappa shape index (κ1) is 15.5. The Labute approximate surface area is 124 Å². The highest BCUT2D eigenvalue weighted by Crippen LogP contribution is 2.33. The standard InChI is InChI=1S/C13H18Cl2N2S/c1-5-9(3)17(4)13(18)16-12-10(14)7-6-8(2)11(12)15/h6-7,9H,5H2,1-4H3,(H,16,18). The molecule has 0 amide bonds. The minimum atomic E-state index is 0.368. The predicted octanol–water partition coefficient (Wildman–Crippen LogP) is 4.73. The third-order valence-corrected chi connectivity index (χ3v) is 4.28. The Kier molecular flexibility index (Phi) is 5.70. The third-order valence-electron chi connectivity index (χ3n) is 3.09. The molecule has 1 unspecified atom stereocenters. The first-order valence-corrected chi connectivity index (χ1v) is 7.03. The van der Waals surface area contributed by atoms with Crippen LogP contribution >= 0.6 is 35.4 Å². The highest BCUT2D eigenvalue weighted by Gasteiger charge is 2.14. The van der Waals surface area contributed by atoms with Crippen molar-refractivity contribution in [1.82, 2.24) is 4.90 Å². The van der Waals surface area contributed by atoms with Gasteiger partial charge in [-0.25, -0.2) is 0 Å². The Balaban J connectivity index is 2.92. The summed E-state index contributed by atoms with van der Waals surface area (Å²) >= 11 is 17.7. The van der Waals surface area contributed by atoms with Gasteiger partial charge in [-0.05, 0) is 44.1 Å². The highest BCUT2D eigenvalue weighted by atomic mass is 35.5. The van der Waals surface area contributed by atoms with Crippen LogP contribution in [-0.2, 0) is 0 Å². The van der Waals surface area contributed by atoms with Gasteiger partial charge in [0.25, 0.3) is 0 Å². The average Bonchev–Trinajstić information content (AvgIpc) is 2.37. The van der Waals surface area contributed by atoms with Gasteiger partial charge in [-0.2, -0.15) is 0 Å². The predicted molar refractivity (Wildman–Crippen MR) is 84.9 cm³/mol. The van der Waals surface area contributed by atoms with E-state index < -0.39 is 0 Å². The van der Waals surface area contributed by atoms with Gasteiger partial charge in [0, 0.05) is 13.1 Å². The van der Waals surface area contributed by atoms with Gasteiger partial charge in [0.2, 0.25) is 0 Å². The van der Waals surface area contributed by atoms with Crippen molar-refractivity contribution in [2.75, 3.05) is 12.4 Å². The van der Waals surface area contributed by atoms with E-state index in [1.54, 1.807) is 0 Å². The van der Waals surface area contributed by atoms with E-state index in [9.17, 15) is 0 Å². The Morgan fingerprint density at radius 2 is 2.06 bits per heavy atom. The molecule has 1 atom stereocenters. The highest BCUT2D eigenvalue weighted by molar-refractivity contribution is 7.80. The van der Waals surface area contributed by atoms with Gasteiger partial charge >= 0.3 is 0 Å². The van der Waals surface area contributed by atoms with Crippen molar-refractivity contribution in [2.45, 2.75) is 33.2 Å². The van der Waals surface area contributed by atoms with Crippen molar-refractivity contribution in [2.24, 2.45) is 0 Å². The molecule has 1 rings (SSSR count). The number of rotatable bonds is 3. The zero-order valence-electron chi connectivity index (χ0n) is 11.1. The monoisotopic (exact) mass is 304 g/mol. The van der Waals surface area contributed by atoms with Crippen LogP contribution in [-0.4, -0.2) is 23.1 Å². The van der Waals surface area contributed by atoms with Crippen molar-refractivity contribution in [3.63, 3.8) is 0 Å². The second-order valence-corrected chi connectivity index (χ2v) is 5.52. The lowest BCUT2D eigenvalue weighted by molar-refractivity contribution is 0.386. The summed E-state index contributed by atoms with van der Waals surface area (Å²) in [5.41, 5.74) is 1.65. The van der Waals surface area contributed by atoms with Crippen LogP contribution in [0.4, 0.5) is 5.69 Å². The molecule has 0 aliphatic rings. The molecule has 0 aliphatic carbocycles. The topological polar surface area (TPSA) is 15.3 Å². The van der Waals surface area contributed by atoms with Crippen molar-refractivity contribution in [1.29, 1.82) is 0 Å². The summed E-state index contributed by atoms with van der Waals surface area (Å²) in [6.45, 7) is 6.18. The molecule has 2 nitrogen and oxygen atoms in total. The second-order valence-electron chi connectivity index (χ2n) is 4.35. The van der Waals surface area contributed by atoms with E-state index in [0.717, 1.165) is 12.0 Å². The molecule has 1 aromatic carbocycles. The molecule has 1 aromatic rings. The molecule has 0 bridgehead atoms. The number of hydrogen-bond donors (Lipinski definition) is 1. The smallest absolute Gasteiger partial charge is 0.173 e. The van der Waals surface area contributed by atoms with E-state index in [4.69, 9.17) is 35.4 Å². The molecule has 0 radical (unpaired) electrons. The lowest BCUT2D eigenvalue weighted by Gasteiger charge is -2.27. The van der Waals surface area contributed by atoms with E-state index in [0.29, 0.717) is 26.9 Å². The molecule has 5 heteroatoms. The quantitative estimate of drug-likeness (QED) is 0.813. The summed E-state index contributed by atoms with van der Waals surface area (Å²) in [6.07, 6.45) is 1.02. The number of nitrogens with zero attached hydrogens (tertiary/aromatic N) is 1. The summed E-state index contributed by atoms with van der Waals surface area (Å²) in [6, 6.07) is 4.07. The van der Waals surface area contributed by atoms with Crippen molar-refractivity contribution < 1.29 is 0 Å². The molecule has 0 aliphatic heterocycles. The zero-order chi connectivity index (χ0) is 13.9. The maximum atomic E-state index is 6.24. The average molecular weight is 305 g/mol. The summed E-state index contributed by atoms with van der Waals surface area (Å²) in [4.78, 5) is 2.00. The van der Waals surface area contributed by atoms with Gasteiger partial charge in [0.15, 0.2) is 5.11 Å². The number of halogens is 2. The maximum absolute atomic E-state index is 6.24. The number of benzene rings is 1. The number of hydrogen-bond acceptors (Lipinski definition) is 1. The van der Waals surface area contributed by atoms with E-state index in [1.807, 2.05) is 31.0 Å². The first-order chi connectivity index (χ1) is 8.38.